The Bertz CT molecular complexity index is 230. The number of rotatable bonds is 9. The van der Waals surface area contributed by atoms with Crippen molar-refractivity contribution in [2.75, 3.05) is 0 Å². The minimum Gasteiger partial charge on any atom is -0.197 e. The molecule has 0 radical (unpaired) electrons. The van der Waals surface area contributed by atoms with Gasteiger partial charge in [-0.3, -0.25) is 0 Å². The van der Waals surface area contributed by atoms with Crippen molar-refractivity contribution in [3.05, 3.63) is 0 Å². The van der Waals surface area contributed by atoms with E-state index in [-0.39, 0.29) is 0 Å². The topological polar surface area (TPSA) is 47.6 Å². The fraction of sp³-hybridized carbons (Fsp3) is 0.857. The van der Waals surface area contributed by atoms with Crippen LogP contribution >= 0.6 is 0 Å². The van der Waals surface area contributed by atoms with Crippen molar-refractivity contribution in [2.45, 2.75) is 71.6 Å². The Morgan fingerprint density at radius 1 is 0.812 bits per heavy atom. The minimum absolute atomic E-state index is 0.649. The third-order valence-electron chi connectivity index (χ3n) is 3.24. The van der Waals surface area contributed by atoms with Gasteiger partial charge in [-0.2, -0.15) is 10.5 Å². The first kappa shape index (κ1) is 15.0. The first-order chi connectivity index (χ1) is 7.74. The van der Waals surface area contributed by atoms with Gasteiger partial charge in [-0.25, -0.2) is 0 Å². The zero-order valence-corrected chi connectivity index (χ0v) is 10.8. The smallest absolute Gasteiger partial charge is 0.143 e. The van der Waals surface area contributed by atoms with Gasteiger partial charge < -0.3 is 0 Å². The molecule has 0 aliphatic heterocycles. The number of hydrogen-bond acceptors (Lipinski definition) is 2. The molecule has 0 saturated carbocycles. The van der Waals surface area contributed by atoms with Gasteiger partial charge in [0.05, 0.1) is 12.1 Å². The van der Waals surface area contributed by atoms with E-state index in [0.717, 1.165) is 19.3 Å². The van der Waals surface area contributed by atoms with Gasteiger partial charge in [0.1, 0.15) is 5.41 Å². The van der Waals surface area contributed by atoms with Gasteiger partial charge >= 0.3 is 0 Å². The Labute approximate surface area is 100 Å². The van der Waals surface area contributed by atoms with E-state index in [4.69, 9.17) is 10.5 Å². The van der Waals surface area contributed by atoms with E-state index >= 15 is 0 Å². The van der Waals surface area contributed by atoms with E-state index in [2.05, 4.69) is 19.1 Å². The largest absolute Gasteiger partial charge is 0.197 e. The van der Waals surface area contributed by atoms with E-state index in [1.54, 1.807) is 0 Å². The first-order valence-electron chi connectivity index (χ1n) is 6.57. The quantitative estimate of drug-likeness (QED) is 0.534. The van der Waals surface area contributed by atoms with Crippen LogP contribution in [0.15, 0.2) is 0 Å². The predicted molar refractivity (Wildman–Crippen MR) is 66.6 cm³/mol. The van der Waals surface area contributed by atoms with Crippen molar-refractivity contribution in [3.63, 3.8) is 0 Å². The molecule has 0 rings (SSSR count). The summed E-state index contributed by atoms with van der Waals surface area (Å²) in [6.45, 7) is 4.14. The van der Waals surface area contributed by atoms with Crippen molar-refractivity contribution >= 4 is 0 Å². The summed E-state index contributed by atoms with van der Waals surface area (Å²) in [6.07, 6.45) is 10.0. The van der Waals surface area contributed by atoms with Crippen molar-refractivity contribution < 1.29 is 0 Å². The van der Waals surface area contributed by atoms with Gasteiger partial charge in [0.2, 0.25) is 0 Å². The van der Waals surface area contributed by atoms with Gasteiger partial charge in [0.25, 0.3) is 0 Å². The summed E-state index contributed by atoms with van der Waals surface area (Å²) < 4.78 is 0. The molecule has 0 saturated heterocycles. The molecule has 0 heterocycles. The Balaban J connectivity index is 3.58. The SMILES string of the molecule is CCCCCCCCCC(C#N)(C#N)CC. The molecule has 0 N–H and O–H groups in total. The summed E-state index contributed by atoms with van der Waals surface area (Å²) in [7, 11) is 0. The molecule has 2 nitrogen and oxygen atoms in total. The Morgan fingerprint density at radius 3 is 1.75 bits per heavy atom. The summed E-state index contributed by atoms with van der Waals surface area (Å²) >= 11 is 0. The standard InChI is InChI=1S/C14H24N2/c1-3-5-6-7-8-9-10-11-14(4-2,12-15)13-16/h3-11H2,1-2H3. The second kappa shape index (κ2) is 9.22. The second-order valence-electron chi connectivity index (χ2n) is 4.53. The maximum Gasteiger partial charge on any atom is 0.143 e. The fourth-order valence-corrected chi connectivity index (χ4v) is 1.86. The molecule has 0 bridgehead atoms. The lowest BCUT2D eigenvalue weighted by molar-refractivity contribution is 0.427. The zero-order chi connectivity index (χ0) is 12.3. The van der Waals surface area contributed by atoms with Crippen LogP contribution in [0.25, 0.3) is 0 Å². The highest BCUT2D eigenvalue weighted by Crippen LogP contribution is 2.27. The van der Waals surface area contributed by atoms with Crippen molar-refractivity contribution in [1.29, 1.82) is 10.5 Å². The highest BCUT2D eigenvalue weighted by Gasteiger charge is 2.26. The van der Waals surface area contributed by atoms with Gasteiger partial charge in [-0.15, -0.1) is 0 Å². The maximum atomic E-state index is 8.98. The maximum absolute atomic E-state index is 8.98. The fourth-order valence-electron chi connectivity index (χ4n) is 1.86. The molecule has 0 aromatic carbocycles. The zero-order valence-electron chi connectivity index (χ0n) is 10.8. The molecule has 0 unspecified atom stereocenters. The molecule has 90 valence electrons. The molecule has 0 fully saturated rings. The van der Waals surface area contributed by atoms with Gasteiger partial charge in [-0.1, -0.05) is 58.8 Å². The van der Waals surface area contributed by atoms with E-state index in [1.807, 2.05) is 6.92 Å². The monoisotopic (exact) mass is 220 g/mol. The van der Waals surface area contributed by atoms with E-state index in [0.29, 0.717) is 6.42 Å². The normalized spacial score (nSPS) is 10.8. The molecule has 2 heteroatoms. The van der Waals surface area contributed by atoms with Crippen molar-refractivity contribution in [3.8, 4) is 12.1 Å². The first-order valence-corrected chi connectivity index (χ1v) is 6.57. The Hall–Kier alpha value is -1.02. The molecular weight excluding hydrogens is 196 g/mol. The predicted octanol–water partition coefficient (Wildman–Crippen LogP) is 4.57. The summed E-state index contributed by atoms with van der Waals surface area (Å²) in [5.41, 5.74) is -0.719. The molecule has 0 aromatic rings. The van der Waals surface area contributed by atoms with Crippen LogP contribution in [0.5, 0.6) is 0 Å². The van der Waals surface area contributed by atoms with Gasteiger partial charge in [0.15, 0.2) is 0 Å². The van der Waals surface area contributed by atoms with Crippen LogP contribution < -0.4 is 0 Å². The van der Waals surface area contributed by atoms with E-state index in [9.17, 15) is 0 Å². The average Bonchev–Trinajstić information content (AvgIpc) is 2.34. The van der Waals surface area contributed by atoms with Crippen LogP contribution in [-0.2, 0) is 0 Å². The van der Waals surface area contributed by atoms with Gasteiger partial charge in [0, 0.05) is 0 Å². The van der Waals surface area contributed by atoms with E-state index in [1.165, 1.54) is 32.1 Å². The number of hydrogen-bond donors (Lipinski definition) is 0. The van der Waals surface area contributed by atoms with Crippen LogP contribution in [-0.4, -0.2) is 0 Å². The molecule has 0 aromatic heterocycles. The summed E-state index contributed by atoms with van der Waals surface area (Å²) in [5.74, 6) is 0. The lowest BCUT2D eigenvalue weighted by Crippen LogP contribution is -2.14. The molecular formula is C14H24N2. The number of nitriles is 2. The Morgan fingerprint density at radius 2 is 1.31 bits per heavy atom. The molecule has 16 heavy (non-hydrogen) atoms. The summed E-state index contributed by atoms with van der Waals surface area (Å²) in [5, 5.41) is 18.0. The van der Waals surface area contributed by atoms with Crippen LogP contribution in [0.3, 0.4) is 0 Å². The number of unbranched alkanes of at least 4 members (excludes halogenated alkanes) is 6. The highest BCUT2D eigenvalue weighted by molar-refractivity contribution is 5.12. The third-order valence-corrected chi connectivity index (χ3v) is 3.24. The molecule has 0 aliphatic carbocycles. The molecule has 0 spiro atoms. The van der Waals surface area contributed by atoms with Crippen LogP contribution in [0.4, 0.5) is 0 Å². The summed E-state index contributed by atoms with van der Waals surface area (Å²) in [4.78, 5) is 0. The third kappa shape index (κ3) is 5.76. The molecule has 0 atom stereocenters. The van der Waals surface area contributed by atoms with Crippen molar-refractivity contribution in [2.24, 2.45) is 5.41 Å². The van der Waals surface area contributed by atoms with Crippen LogP contribution in [0, 0.1) is 28.1 Å². The van der Waals surface area contributed by atoms with Gasteiger partial charge in [-0.05, 0) is 12.8 Å². The Kier molecular flexibility index (Phi) is 8.64. The number of nitrogens with zero attached hydrogens (tertiary/aromatic N) is 2. The molecule has 0 amide bonds. The lowest BCUT2D eigenvalue weighted by atomic mass is 9.83. The van der Waals surface area contributed by atoms with Crippen LogP contribution in [0.2, 0.25) is 0 Å². The summed E-state index contributed by atoms with van der Waals surface area (Å²) in [6, 6.07) is 4.33. The average molecular weight is 220 g/mol. The molecule has 0 aliphatic rings. The second-order valence-corrected chi connectivity index (χ2v) is 4.53. The van der Waals surface area contributed by atoms with E-state index < -0.39 is 5.41 Å². The minimum atomic E-state index is -0.719. The van der Waals surface area contributed by atoms with Crippen LogP contribution in [0.1, 0.15) is 71.6 Å². The highest BCUT2D eigenvalue weighted by atomic mass is 14.4. The van der Waals surface area contributed by atoms with Crippen molar-refractivity contribution in [1.82, 2.24) is 0 Å². The lowest BCUT2D eigenvalue weighted by Gasteiger charge is -2.15.